The zero-order valence-electron chi connectivity index (χ0n) is 16.1. The second-order valence-corrected chi connectivity index (χ2v) is 7.72. The third kappa shape index (κ3) is 4.05. The summed E-state index contributed by atoms with van der Waals surface area (Å²) >= 11 is 0. The number of hydrogen-bond acceptors (Lipinski definition) is 4. The van der Waals surface area contributed by atoms with Crippen molar-refractivity contribution in [2.75, 3.05) is 0 Å². The van der Waals surface area contributed by atoms with Crippen molar-refractivity contribution < 1.29 is 4.79 Å². The Balaban J connectivity index is 1.48. The Kier molecular flexibility index (Phi) is 5.53. The molecule has 2 aliphatic rings. The van der Waals surface area contributed by atoms with Gasteiger partial charge < -0.3 is 10.6 Å². The number of amides is 1. The van der Waals surface area contributed by atoms with Crippen LogP contribution in [0.25, 0.3) is 0 Å². The molecule has 0 radical (unpaired) electrons. The molecule has 6 nitrogen and oxygen atoms in total. The second-order valence-electron chi connectivity index (χ2n) is 7.72. The third-order valence-electron chi connectivity index (χ3n) is 5.89. The molecule has 0 saturated heterocycles. The average Bonchev–Trinajstić information content (AvgIpc) is 3.34. The van der Waals surface area contributed by atoms with Crippen LogP contribution in [0.15, 0.2) is 24.5 Å². The first-order chi connectivity index (χ1) is 13.2. The molecule has 2 N–H and O–H groups in total. The van der Waals surface area contributed by atoms with Crippen molar-refractivity contribution in [2.45, 2.75) is 77.0 Å². The Morgan fingerprint density at radius 1 is 1.19 bits per heavy atom. The van der Waals surface area contributed by atoms with Crippen molar-refractivity contribution in [1.29, 1.82) is 0 Å². The van der Waals surface area contributed by atoms with Crippen molar-refractivity contribution in [3.05, 3.63) is 47.0 Å². The number of aryl methyl sites for hydroxylation is 1. The molecule has 6 heteroatoms. The van der Waals surface area contributed by atoms with E-state index >= 15 is 0 Å². The fourth-order valence-corrected chi connectivity index (χ4v) is 4.47. The van der Waals surface area contributed by atoms with Crippen LogP contribution in [-0.4, -0.2) is 32.8 Å². The summed E-state index contributed by atoms with van der Waals surface area (Å²) in [6.07, 6.45) is 11.8. The molecule has 1 amide bonds. The lowest BCUT2D eigenvalue weighted by Gasteiger charge is -2.27. The van der Waals surface area contributed by atoms with Gasteiger partial charge in [-0.2, -0.15) is 5.10 Å². The van der Waals surface area contributed by atoms with Crippen LogP contribution in [0.4, 0.5) is 0 Å². The SMILES string of the molecule is CCn1nc(C(=O)NCc2ccncc2)c2c1CC[C@@H](NC1CCCC1)C2. The molecule has 0 spiro atoms. The first kappa shape index (κ1) is 18.2. The Labute approximate surface area is 160 Å². The van der Waals surface area contributed by atoms with Crippen LogP contribution >= 0.6 is 0 Å². The van der Waals surface area contributed by atoms with Gasteiger partial charge in [-0.15, -0.1) is 0 Å². The van der Waals surface area contributed by atoms with E-state index in [9.17, 15) is 4.79 Å². The predicted octanol–water partition coefficient (Wildman–Crippen LogP) is 2.62. The maximum atomic E-state index is 12.8. The summed E-state index contributed by atoms with van der Waals surface area (Å²) in [5.41, 5.74) is 4.05. The van der Waals surface area contributed by atoms with E-state index < -0.39 is 0 Å². The summed E-state index contributed by atoms with van der Waals surface area (Å²) in [6.45, 7) is 3.40. The van der Waals surface area contributed by atoms with Gasteiger partial charge in [0.25, 0.3) is 5.91 Å². The van der Waals surface area contributed by atoms with E-state index in [-0.39, 0.29) is 5.91 Å². The van der Waals surface area contributed by atoms with Gasteiger partial charge in [0.1, 0.15) is 0 Å². The van der Waals surface area contributed by atoms with Crippen LogP contribution in [-0.2, 0) is 25.9 Å². The number of carbonyl (C=O) groups is 1. The Morgan fingerprint density at radius 2 is 1.96 bits per heavy atom. The van der Waals surface area contributed by atoms with Gasteiger partial charge in [-0.3, -0.25) is 14.5 Å². The predicted molar refractivity (Wildman–Crippen MR) is 105 cm³/mol. The molecule has 1 atom stereocenters. The lowest BCUT2D eigenvalue weighted by molar-refractivity contribution is 0.0944. The van der Waals surface area contributed by atoms with Crippen molar-refractivity contribution in [2.24, 2.45) is 0 Å². The standard InChI is InChI=1S/C21H29N5O/c1-2-26-19-8-7-17(24-16-5-3-4-6-16)13-18(19)20(25-26)21(27)23-14-15-9-11-22-12-10-15/h9-12,16-17,24H,2-8,13-14H2,1H3,(H,23,27)/t17-/m1/s1. The monoisotopic (exact) mass is 367 g/mol. The minimum atomic E-state index is -0.0724. The van der Waals surface area contributed by atoms with Gasteiger partial charge in [-0.25, -0.2) is 0 Å². The molecule has 2 aliphatic carbocycles. The van der Waals surface area contributed by atoms with Gasteiger partial charge in [-0.1, -0.05) is 12.8 Å². The summed E-state index contributed by atoms with van der Waals surface area (Å²) in [4.78, 5) is 16.9. The average molecular weight is 367 g/mol. The summed E-state index contributed by atoms with van der Waals surface area (Å²) in [5.74, 6) is -0.0724. The highest BCUT2D eigenvalue weighted by Crippen LogP contribution is 2.27. The molecule has 2 aromatic rings. The van der Waals surface area contributed by atoms with Crippen molar-refractivity contribution in [3.8, 4) is 0 Å². The number of hydrogen-bond donors (Lipinski definition) is 2. The molecular weight excluding hydrogens is 338 g/mol. The van der Waals surface area contributed by atoms with E-state index in [2.05, 4.69) is 27.6 Å². The molecule has 0 aliphatic heterocycles. The molecule has 1 fully saturated rings. The normalized spacial score (nSPS) is 19.8. The zero-order valence-corrected chi connectivity index (χ0v) is 16.1. The van der Waals surface area contributed by atoms with E-state index in [1.54, 1.807) is 12.4 Å². The van der Waals surface area contributed by atoms with Crippen LogP contribution in [0.1, 0.15) is 66.3 Å². The summed E-state index contributed by atoms with van der Waals surface area (Å²) in [7, 11) is 0. The lowest BCUT2D eigenvalue weighted by Crippen LogP contribution is -2.40. The number of aromatic nitrogens is 3. The maximum Gasteiger partial charge on any atom is 0.272 e. The first-order valence-electron chi connectivity index (χ1n) is 10.3. The topological polar surface area (TPSA) is 71.8 Å². The van der Waals surface area contributed by atoms with E-state index in [0.29, 0.717) is 24.3 Å². The van der Waals surface area contributed by atoms with E-state index in [4.69, 9.17) is 0 Å². The molecule has 27 heavy (non-hydrogen) atoms. The largest absolute Gasteiger partial charge is 0.347 e. The maximum absolute atomic E-state index is 12.8. The molecular formula is C21H29N5O. The molecule has 2 heterocycles. The van der Waals surface area contributed by atoms with E-state index in [0.717, 1.165) is 36.9 Å². The minimum absolute atomic E-state index is 0.0724. The Morgan fingerprint density at radius 3 is 2.70 bits per heavy atom. The minimum Gasteiger partial charge on any atom is -0.347 e. The van der Waals surface area contributed by atoms with Crippen molar-refractivity contribution in [1.82, 2.24) is 25.4 Å². The fourth-order valence-electron chi connectivity index (χ4n) is 4.47. The van der Waals surface area contributed by atoms with Crippen LogP contribution in [0, 0.1) is 0 Å². The lowest BCUT2D eigenvalue weighted by atomic mass is 9.90. The van der Waals surface area contributed by atoms with Crippen molar-refractivity contribution >= 4 is 5.91 Å². The first-order valence-corrected chi connectivity index (χ1v) is 10.3. The summed E-state index contributed by atoms with van der Waals surface area (Å²) in [6, 6.07) is 4.95. The van der Waals surface area contributed by atoms with Gasteiger partial charge in [-0.05, 0) is 56.7 Å². The molecule has 144 valence electrons. The number of nitrogens with one attached hydrogen (secondary N) is 2. The van der Waals surface area contributed by atoms with Gasteiger partial charge in [0, 0.05) is 48.8 Å². The molecule has 4 rings (SSSR count). The molecule has 1 saturated carbocycles. The fraction of sp³-hybridized carbons (Fsp3) is 0.571. The van der Waals surface area contributed by atoms with Crippen LogP contribution in [0.5, 0.6) is 0 Å². The summed E-state index contributed by atoms with van der Waals surface area (Å²) < 4.78 is 2.02. The van der Waals surface area contributed by atoms with Crippen molar-refractivity contribution in [3.63, 3.8) is 0 Å². The van der Waals surface area contributed by atoms with Crippen LogP contribution in [0.3, 0.4) is 0 Å². The third-order valence-corrected chi connectivity index (χ3v) is 5.89. The summed E-state index contributed by atoms with van der Waals surface area (Å²) in [5, 5.41) is 11.5. The second kappa shape index (κ2) is 8.21. The molecule has 0 unspecified atom stereocenters. The van der Waals surface area contributed by atoms with Crippen LogP contribution < -0.4 is 10.6 Å². The molecule has 0 aromatic carbocycles. The van der Waals surface area contributed by atoms with Gasteiger partial charge in [0.05, 0.1) is 0 Å². The number of pyridine rings is 1. The van der Waals surface area contributed by atoms with E-state index in [1.165, 1.54) is 31.4 Å². The number of nitrogens with zero attached hydrogens (tertiary/aromatic N) is 3. The molecule has 0 bridgehead atoms. The van der Waals surface area contributed by atoms with Gasteiger partial charge in [0.15, 0.2) is 5.69 Å². The Hall–Kier alpha value is -2.21. The van der Waals surface area contributed by atoms with E-state index in [1.807, 2.05) is 16.8 Å². The zero-order chi connectivity index (χ0) is 18.6. The van der Waals surface area contributed by atoms with Gasteiger partial charge in [0.2, 0.25) is 0 Å². The number of rotatable bonds is 6. The highest BCUT2D eigenvalue weighted by Gasteiger charge is 2.30. The highest BCUT2D eigenvalue weighted by atomic mass is 16.1. The smallest absolute Gasteiger partial charge is 0.272 e. The molecule has 2 aromatic heterocycles. The highest BCUT2D eigenvalue weighted by molar-refractivity contribution is 5.94. The number of fused-ring (bicyclic) bond motifs is 1. The number of carbonyl (C=O) groups excluding carboxylic acids is 1. The van der Waals surface area contributed by atoms with Gasteiger partial charge >= 0.3 is 0 Å². The Bertz CT molecular complexity index is 779. The van der Waals surface area contributed by atoms with Crippen LogP contribution in [0.2, 0.25) is 0 Å². The quantitative estimate of drug-likeness (QED) is 0.823.